The van der Waals surface area contributed by atoms with Gasteiger partial charge in [0.2, 0.25) is 11.8 Å². The van der Waals surface area contributed by atoms with E-state index in [1.54, 1.807) is 12.1 Å². The molecule has 0 unspecified atom stereocenters. The summed E-state index contributed by atoms with van der Waals surface area (Å²) in [6.07, 6.45) is 3.67. The van der Waals surface area contributed by atoms with Crippen LogP contribution in [0, 0.1) is 5.82 Å². The van der Waals surface area contributed by atoms with Crippen LogP contribution in [0.4, 0.5) is 4.39 Å². The molecule has 1 aromatic heterocycles. The summed E-state index contributed by atoms with van der Waals surface area (Å²) in [5, 5.41) is 6.80. The maximum atomic E-state index is 12.8. The van der Waals surface area contributed by atoms with Crippen molar-refractivity contribution < 1.29 is 13.7 Å². The Labute approximate surface area is 145 Å². The predicted molar refractivity (Wildman–Crippen MR) is 91.0 cm³/mol. The third-order valence-corrected chi connectivity index (χ3v) is 4.14. The van der Waals surface area contributed by atoms with Crippen molar-refractivity contribution in [3.05, 3.63) is 53.4 Å². The Hall–Kier alpha value is -2.54. The lowest BCUT2D eigenvalue weighted by atomic mass is 10.1. The van der Waals surface area contributed by atoms with Crippen LogP contribution in [-0.4, -0.2) is 41.1 Å². The number of hydrogen-bond donors (Lipinski definition) is 1. The normalized spacial score (nSPS) is 15.0. The van der Waals surface area contributed by atoms with E-state index in [-0.39, 0.29) is 18.1 Å². The molecular weight excluding hydrogens is 323 g/mol. The SMILES string of the molecule is CN1CC=C(c2noc(CCC(=O)NCc3ccc(F)cc3)n2)CC1. The molecule has 2 aromatic rings. The van der Waals surface area contributed by atoms with Gasteiger partial charge in [0.25, 0.3) is 0 Å². The van der Waals surface area contributed by atoms with Crippen LogP contribution < -0.4 is 5.32 Å². The highest BCUT2D eigenvalue weighted by atomic mass is 19.1. The van der Waals surface area contributed by atoms with E-state index in [1.165, 1.54) is 12.1 Å². The molecule has 2 heterocycles. The lowest BCUT2D eigenvalue weighted by molar-refractivity contribution is -0.121. The number of aromatic nitrogens is 2. The van der Waals surface area contributed by atoms with Crippen molar-refractivity contribution in [1.29, 1.82) is 0 Å². The van der Waals surface area contributed by atoms with Gasteiger partial charge in [-0.25, -0.2) is 4.39 Å². The molecule has 1 N–H and O–H groups in total. The predicted octanol–water partition coefficient (Wildman–Crippen LogP) is 2.18. The number of nitrogens with one attached hydrogen (secondary N) is 1. The minimum absolute atomic E-state index is 0.109. The Balaban J connectivity index is 1.45. The molecule has 1 aliphatic heterocycles. The second kappa shape index (κ2) is 8.02. The first-order valence-electron chi connectivity index (χ1n) is 8.32. The minimum atomic E-state index is -0.290. The van der Waals surface area contributed by atoms with E-state index in [0.717, 1.165) is 30.6 Å². The fraction of sp³-hybridized carbons (Fsp3) is 0.389. The number of carbonyl (C=O) groups is 1. The second-order valence-corrected chi connectivity index (χ2v) is 6.16. The number of aryl methyl sites for hydroxylation is 1. The van der Waals surface area contributed by atoms with Crippen LogP contribution in [0.15, 0.2) is 34.9 Å². The largest absolute Gasteiger partial charge is 0.352 e. The van der Waals surface area contributed by atoms with Crippen LogP contribution in [0.3, 0.4) is 0 Å². The summed E-state index contributed by atoms with van der Waals surface area (Å²) in [7, 11) is 2.07. The summed E-state index contributed by atoms with van der Waals surface area (Å²) in [5.41, 5.74) is 1.94. The number of likely N-dealkylation sites (N-methyl/N-ethyl adjacent to an activating group) is 1. The fourth-order valence-electron chi connectivity index (χ4n) is 2.57. The third-order valence-electron chi connectivity index (χ3n) is 4.14. The van der Waals surface area contributed by atoms with Crippen molar-refractivity contribution in [2.24, 2.45) is 0 Å². The summed E-state index contributed by atoms with van der Waals surface area (Å²) >= 11 is 0. The molecule has 0 radical (unpaired) electrons. The molecule has 0 saturated carbocycles. The van der Waals surface area contributed by atoms with Gasteiger partial charge in [0.15, 0.2) is 5.82 Å². The highest BCUT2D eigenvalue weighted by Gasteiger charge is 2.15. The lowest BCUT2D eigenvalue weighted by Crippen LogP contribution is -2.24. The Kier molecular flexibility index (Phi) is 5.55. The molecule has 132 valence electrons. The van der Waals surface area contributed by atoms with Gasteiger partial charge in [0, 0.05) is 32.5 Å². The molecule has 7 heteroatoms. The van der Waals surface area contributed by atoms with Gasteiger partial charge in [-0.1, -0.05) is 23.4 Å². The van der Waals surface area contributed by atoms with Crippen molar-refractivity contribution in [1.82, 2.24) is 20.4 Å². The Morgan fingerprint density at radius 2 is 2.16 bits per heavy atom. The van der Waals surface area contributed by atoms with Crippen molar-refractivity contribution in [2.45, 2.75) is 25.8 Å². The molecule has 0 saturated heterocycles. The highest BCUT2D eigenvalue weighted by Crippen LogP contribution is 2.19. The topological polar surface area (TPSA) is 71.3 Å². The zero-order valence-corrected chi connectivity index (χ0v) is 14.2. The van der Waals surface area contributed by atoms with E-state index in [0.29, 0.717) is 24.7 Å². The van der Waals surface area contributed by atoms with E-state index in [2.05, 4.69) is 33.5 Å². The molecule has 3 rings (SSSR count). The van der Waals surface area contributed by atoms with Gasteiger partial charge in [-0.3, -0.25) is 4.79 Å². The molecule has 1 aliphatic rings. The smallest absolute Gasteiger partial charge is 0.227 e. The molecule has 25 heavy (non-hydrogen) atoms. The number of hydrogen-bond acceptors (Lipinski definition) is 5. The van der Waals surface area contributed by atoms with Crippen molar-refractivity contribution >= 4 is 11.5 Å². The average molecular weight is 344 g/mol. The van der Waals surface area contributed by atoms with Gasteiger partial charge >= 0.3 is 0 Å². The number of amides is 1. The first-order chi connectivity index (χ1) is 12.1. The van der Waals surface area contributed by atoms with Gasteiger partial charge in [-0.05, 0) is 36.7 Å². The third kappa shape index (κ3) is 4.96. The van der Waals surface area contributed by atoms with Crippen molar-refractivity contribution in [3.63, 3.8) is 0 Å². The summed E-state index contributed by atoms with van der Waals surface area (Å²) in [4.78, 5) is 18.5. The van der Waals surface area contributed by atoms with Crippen molar-refractivity contribution in [2.75, 3.05) is 20.1 Å². The zero-order chi connectivity index (χ0) is 17.6. The number of carbonyl (C=O) groups excluding carboxylic acids is 1. The maximum absolute atomic E-state index is 12.8. The Morgan fingerprint density at radius 3 is 2.88 bits per heavy atom. The number of benzene rings is 1. The lowest BCUT2D eigenvalue weighted by Gasteiger charge is -2.19. The van der Waals surface area contributed by atoms with Crippen LogP contribution in [0.2, 0.25) is 0 Å². The first kappa shape index (κ1) is 17.3. The van der Waals surface area contributed by atoms with Gasteiger partial charge in [0.1, 0.15) is 5.82 Å². The van der Waals surface area contributed by atoms with Crippen LogP contribution in [-0.2, 0) is 17.8 Å². The first-order valence-corrected chi connectivity index (χ1v) is 8.32. The van der Waals surface area contributed by atoms with E-state index in [1.807, 2.05) is 0 Å². The molecule has 1 amide bonds. The molecule has 6 nitrogen and oxygen atoms in total. The summed E-state index contributed by atoms with van der Waals surface area (Å²) in [5.74, 6) is 0.686. The summed E-state index contributed by atoms with van der Waals surface area (Å²) < 4.78 is 18.1. The monoisotopic (exact) mass is 344 g/mol. The zero-order valence-electron chi connectivity index (χ0n) is 14.2. The Bertz CT molecular complexity index is 755. The van der Waals surface area contributed by atoms with Crippen molar-refractivity contribution in [3.8, 4) is 0 Å². The van der Waals surface area contributed by atoms with Crippen LogP contribution >= 0.6 is 0 Å². The molecule has 0 fully saturated rings. The second-order valence-electron chi connectivity index (χ2n) is 6.16. The van der Waals surface area contributed by atoms with Gasteiger partial charge < -0.3 is 14.7 Å². The molecular formula is C18H21FN4O2. The van der Waals surface area contributed by atoms with E-state index in [9.17, 15) is 9.18 Å². The number of nitrogens with zero attached hydrogens (tertiary/aromatic N) is 3. The highest BCUT2D eigenvalue weighted by molar-refractivity contribution is 5.76. The van der Waals surface area contributed by atoms with Crippen LogP contribution in [0.5, 0.6) is 0 Å². The van der Waals surface area contributed by atoms with Gasteiger partial charge in [-0.2, -0.15) is 4.98 Å². The molecule has 0 atom stereocenters. The number of halogens is 1. The quantitative estimate of drug-likeness (QED) is 0.870. The minimum Gasteiger partial charge on any atom is -0.352 e. The summed E-state index contributed by atoms with van der Waals surface area (Å²) in [6, 6.07) is 6.04. The maximum Gasteiger partial charge on any atom is 0.227 e. The van der Waals surface area contributed by atoms with Crippen LogP contribution in [0.1, 0.15) is 30.1 Å². The molecule has 0 bridgehead atoms. The van der Waals surface area contributed by atoms with E-state index >= 15 is 0 Å². The summed E-state index contributed by atoms with van der Waals surface area (Å²) in [6.45, 7) is 2.22. The van der Waals surface area contributed by atoms with Crippen LogP contribution in [0.25, 0.3) is 5.57 Å². The average Bonchev–Trinajstić information content (AvgIpc) is 3.09. The van der Waals surface area contributed by atoms with E-state index in [4.69, 9.17) is 4.52 Å². The van der Waals surface area contributed by atoms with E-state index < -0.39 is 0 Å². The molecule has 0 aliphatic carbocycles. The van der Waals surface area contributed by atoms with Gasteiger partial charge in [-0.15, -0.1) is 0 Å². The molecule has 1 aromatic carbocycles. The number of rotatable bonds is 6. The Morgan fingerprint density at radius 1 is 1.36 bits per heavy atom. The molecule has 0 spiro atoms. The fourth-order valence-corrected chi connectivity index (χ4v) is 2.57. The van der Waals surface area contributed by atoms with Gasteiger partial charge in [0.05, 0.1) is 0 Å². The standard InChI is InChI=1S/C18H21FN4O2/c1-23-10-8-14(9-11-23)18-21-17(25-22-18)7-6-16(24)20-12-13-2-4-15(19)5-3-13/h2-5,8H,6-7,9-12H2,1H3,(H,20,24).